The predicted octanol–water partition coefficient (Wildman–Crippen LogP) is 17.5. The molecule has 0 aliphatic heterocycles. The summed E-state index contributed by atoms with van der Waals surface area (Å²) in [6.07, 6.45) is -4.24. The van der Waals surface area contributed by atoms with Gasteiger partial charge in [-0.3, -0.25) is 0 Å². The number of benzene rings is 5. The van der Waals surface area contributed by atoms with Gasteiger partial charge in [0.1, 0.15) is 23.3 Å². The zero-order valence-corrected chi connectivity index (χ0v) is 36.3. The number of hydrogen-bond donors (Lipinski definition) is 0. The molecular formula is C51H67F7. The summed E-state index contributed by atoms with van der Waals surface area (Å²) in [6.45, 7) is 27.6. The van der Waals surface area contributed by atoms with Crippen LogP contribution in [0.2, 0.25) is 0 Å². The summed E-state index contributed by atoms with van der Waals surface area (Å²) in [5.41, 5.74) is 7.85. The third-order valence-electron chi connectivity index (χ3n) is 9.10. The van der Waals surface area contributed by atoms with E-state index in [0.717, 1.165) is 11.6 Å². The average Bonchev–Trinajstić information content (AvgIpc) is 3.11. The summed E-state index contributed by atoms with van der Waals surface area (Å²) >= 11 is 0. The van der Waals surface area contributed by atoms with Crippen LogP contribution in [0.25, 0.3) is 0 Å². The van der Waals surface area contributed by atoms with Crippen molar-refractivity contribution < 1.29 is 30.7 Å². The van der Waals surface area contributed by atoms with Crippen LogP contribution in [0.4, 0.5) is 30.7 Å². The minimum absolute atomic E-state index is 0. The minimum atomic E-state index is -4.24. The molecule has 0 bridgehead atoms. The summed E-state index contributed by atoms with van der Waals surface area (Å²) in [6, 6.07) is 28.0. The molecule has 0 radical (unpaired) electrons. The third kappa shape index (κ3) is 19.8. The summed E-state index contributed by atoms with van der Waals surface area (Å²) in [5, 5.41) is 0. The van der Waals surface area contributed by atoms with Gasteiger partial charge in [-0.15, -0.1) is 0 Å². The van der Waals surface area contributed by atoms with Crippen molar-refractivity contribution in [2.75, 3.05) is 0 Å². The van der Waals surface area contributed by atoms with Crippen molar-refractivity contribution in [2.45, 2.75) is 140 Å². The van der Waals surface area contributed by atoms with Gasteiger partial charge >= 0.3 is 6.18 Å². The maximum absolute atomic E-state index is 13.0. The van der Waals surface area contributed by atoms with E-state index in [2.05, 4.69) is 90.1 Å². The van der Waals surface area contributed by atoms with E-state index >= 15 is 0 Å². The first kappa shape index (κ1) is 53.6. The SMILES string of the molecule is C.CC(C)c1cc(F)cc(F)c1.Cc1c(F)cc(C(C)C)cc1F.Cc1cc(C(C)C)cc(C(F)(F)F)c1.Cc1ccc(C(C)C)cc1.Cc1ccc(C(C)C)cc1. The van der Waals surface area contributed by atoms with Crippen molar-refractivity contribution in [1.82, 2.24) is 0 Å². The second-order valence-corrected chi connectivity index (χ2v) is 16.0. The van der Waals surface area contributed by atoms with Gasteiger partial charge in [-0.05, 0) is 121 Å². The highest BCUT2D eigenvalue weighted by atomic mass is 19.4. The first-order valence-corrected chi connectivity index (χ1v) is 19.6. The lowest BCUT2D eigenvalue weighted by Gasteiger charge is -2.12. The molecule has 0 spiro atoms. The van der Waals surface area contributed by atoms with Gasteiger partial charge < -0.3 is 0 Å². The molecular weight excluding hydrogens is 746 g/mol. The van der Waals surface area contributed by atoms with Crippen LogP contribution < -0.4 is 0 Å². The van der Waals surface area contributed by atoms with Crippen LogP contribution in [-0.2, 0) is 6.18 Å². The zero-order chi connectivity index (χ0) is 43.8. The van der Waals surface area contributed by atoms with Crippen LogP contribution in [0.5, 0.6) is 0 Å². The highest BCUT2D eigenvalue weighted by molar-refractivity contribution is 5.33. The lowest BCUT2D eigenvalue weighted by atomic mass is 9.98. The van der Waals surface area contributed by atoms with E-state index in [1.54, 1.807) is 13.0 Å². The van der Waals surface area contributed by atoms with E-state index < -0.39 is 35.0 Å². The third-order valence-corrected chi connectivity index (χ3v) is 9.10. The molecule has 0 aromatic heterocycles. The van der Waals surface area contributed by atoms with E-state index in [1.165, 1.54) is 65.6 Å². The molecule has 0 N–H and O–H groups in total. The van der Waals surface area contributed by atoms with Crippen molar-refractivity contribution in [1.29, 1.82) is 0 Å². The van der Waals surface area contributed by atoms with Crippen molar-refractivity contribution in [3.05, 3.63) is 176 Å². The van der Waals surface area contributed by atoms with Crippen LogP contribution in [0.15, 0.2) is 97.1 Å². The van der Waals surface area contributed by atoms with Crippen molar-refractivity contribution >= 4 is 0 Å². The number of alkyl halides is 3. The molecule has 0 nitrogen and oxygen atoms in total. The highest BCUT2D eigenvalue weighted by Crippen LogP contribution is 2.32. The summed E-state index contributed by atoms with van der Waals surface area (Å²) in [5.74, 6) is -0.174. The average molecular weight is 813 g/mol. The molecule has 0 amide bonds. The van der Waals surface area contributed by atoms with Crippen molar-refractivity contribution in [2.24, 2.45) is 0 Å². The fourth-order valence-electron chi connectivity index (χ4n) is 5.12. The molecule has 5 aromatic carbocycles. The number of rotatable bonds is 5. The Labute approximate surface area is 346 Å². The molecule has 5 aromatic rings. The summed E-state index contributed by atoms with van der Waals surface area (Å²) < 4.78 is 88.3. The first-order chi connectivity index (χ1) is 26.3. The molecule has 0 fully saturated rings. The molecule has 320 valence electrons. The molecule has 0 heterocycles. The van der Waals surface area contributed by atoms with Crippen LogP contribution in [0.3, 0.4) is 0 Å². The molecule has 0 saturated heterocycles. The fraction of sp³-hybridized carbons (Fsp3) is 0.412. The smallest absolute Gasteiger partial charge is 0.207 e. The Hall–Kier alpha value is -4.39. The Morgan fingerprint density at radius 2 is 0.672 bits per heavy atom. The molecule has 58 heavy (non-hydrogen) atoms. The molecule has 0 atom stereocenters. The van der Waals surface area contributed by atoms with E-state index in [-0.39, 0.29) is 30.7 Å². The maximum Gasteiger partial charge on any atom is 0.416 e. The van der Waals surface area contributed by atoms with Crippen LogP contribution in [0, 0.1) is 51.0 Å². The summed E-state index contributed by atoms with van der Waals surface area (Å²) in [7, 11) is 0. The lowest BCUT2D eigenvalue weighted by molar-refractivity contribution is -0.137. The van der Waals surface area contributed by atoms with Crippen molar-refractivity contribution in [3.63, 3.8) is 0 Å². The van der Waals surface area contributed by atoms with Gasteiger partial charge in [-0.2, -0.15) is 13.2 Å². The van der Waals surface area contributed by atoms with Crippen LogP contribution in [0.1, 0.15) is 162 Å². The fourth-order valence-corrected chi connectivity index (χ4v) is 5.12. The topological polar surface area (TPSA) is 0 Å². The Morgan fingerprint density at radius 1 is 0.362 bits per heavy atom. The van der Waals surface area contributed by atoms with E-state index in [9.17, 15) is 30.7 Å². The van der Waals surface area contributed by atoms with Gasteiger partial charge in [0, 0.05) is 11.6 Å². The second-order valence-electron chi connectivity index (χ2n) is 16.0. The van der Waals surface area contributed by atoms with Gasteiger partial charge in [-0.1, -0.05) is 148 Å². The molecule has 0 saturated carbocycles. The van der Waals surface area contributed by atoms with E-state index in [0.29, 0.717) is 28.5 Å². The molecule has 7 heteroatoms. The van der Waals surface area contributed by atoms with Gasteiger partial charge in [-0.25, -0.2) is 17.6 Å². The molecule has 5 rings (SSSR count). The number of aryl methyl sites for hydroxylation is 3. The normalized spacial score (nSPS) is 10.8. The monoisotopic (exact) mass is 813 g/mol. The minimum Gasteiger partial charge on any atom is -0.207 e. The van der Waals surface area contributed by atoms with Gasteiger partial charge in [0.25, 0.3) is 0 Å². The summed E-state index contributed by atoms with van der Waals surface area (Å²) in [4.78, 5) is 0. The largest absolute Gasteiger partial charge is 0.416 e. The molecule has 0 aliphatic carbocycles. The van der Waals surface area contributed by atoms with Gasteiger partial charge in [0.2, 0.25) is 0 Å². The molecule has 0 aliphatic rings. The Morgan fingerprint density at radius 3 is 0.983 bits per heavy atom. The second kappa shape index (κ2) is 25.2. The van der Waals surface area contributed by atoms with Crippen LogP contribution in [-0.4, -0.2) is 0 Å². The van der Waals surface area contributed by atoms with Gasteiger partial charge in [0.15, 0.2) is 0 Å². The van der Waals surface area contributed by atoms with Crippen LogP contribution >= 0.6 is 0 Å². The highest BCUT2D eigenvalue weighted by Gasteiger charge is 2.31. The van der Waals surface area contributed by atoms with Gasteiger partial charge in [0.05, 0.1) is 5.56 Å². The standard InChI is InChI=1S/C11H13F3.C10H12F2.2C10H14.C9H10F2.CH4/c1-7(2)9-4-8(3)5-10(6-9)11(12,13)14;1-6(2)8-4-9(11)7(3)10(12)5-8;2*1-8(2)10-6-4-9(3)5-7-10;1-6(2)7-3-8(10)5-9(11)4-7;/h4-7H,1-3H3;4-6H,1-3H3;2*4-8H,1-3H3;3-6H,1-2H3;1H4. The predicted molar refractivity (Wildman–Crippen MR) is 233 cm³/mol. The lowest BCUT2D eigenvalue weighted by Crippen LogP contribution is -2.06. The Kier molecular flexibility index (Phi) is 23.3. The maximum atomic E-state index is 13.0. The van der Waals surface area contributed by atoms with Crippen molar-refractivity contribution in [3.8, 4) is 0 Å². The van der Waals surface area contributed by atoms with E-state index in [1.807, 2.05) is 41.5 Å². The van der Waals surface area contributed by atoms with E-state index in [4.69, 9.17) is 0 Å². The Balaban J connectivity index is 0.000000701. The number of halogens is 7. The quantitative estimate of drug-likeness (QED) is 0.155. The molecule has 0 unspecified atom stereocenters. The zero-order valence-electron chi connectivity index (χ0n) is 36.3. The Bertz CT molecular complexity index is 1820. The first-order valence-electron chi connectivity index (χ1n) is 19.6. The number of hydrogen-bond acceptors (Lipinski definition) is 0.